The quantitative estimate of drug-likeness (QED) is 0.746. The van der Waals surface area contributed by atoms with Gasteiger partial charge in [0.05, 0.1) is 18.2 Å². The van der Waals surface area contributed by atoms with E-state index < -0.39 is 17.4 Å². The third-order valence-corrected chi connectivity index (χ3v) is 3.32. The van der Waals surface area contributed by atoms with Gasteiger partial charge in [0.15, 0.2) is 5.78 Å². The number of nitrogens with one attached hydrogen (secondary N) is 1. The lowest BCUT2D eigenvalue weighted by molar-refractivity contribution is 0.103. The Bertz CT molecular complexity index is 839. The van der Waals surface area contributed by atoms with Gasteiger partial charge in [0, 0.05) is 23.2 Å². The van der Waals surface area contributed by atoms with Gasteiger partial charge in [0.1, 0.15) is 17.4 Å². The highest BCUT2D eigenvalue weighted by atomic mass is 19.1. The number of H-pyrrole nitrogens is 1. The largest absolute Gasteiger partial charge is 0.497 e. The van der Waals surface area contributed by atoms with Crippen LogP contribution in [-0.4, -0.2) is 17.9 Å². The van der Waals surface area contributed by atoms with Crippen LogP contribution < -0.4 is 4.74 Å². The third-order valence-electron chi connectivity index (χ3n) is 3.32. The minimum atomic E-state index is -0.704. The molecule has 106 valence electrons. The summed E-state index contributed by atoms with van der Waals surface area (Å²) in [6, 6.07) is 8.39. The van der Waals surface area contributed by atoms with Crippen LogP contribution in [0.3, 0.4) is 0 Å². The first kappa shape index (κ1) is 13.3. The number of halogens is 2. The van der Waals surface area contributed by atoms with Gasteiger partial charge in [0.25, 0.3) is 0 Å². The minimum Gasteiger partial charge on any atom is -0.497 e. The molecular weight excluding hydrogens is 276 g/mol. The molecule has 3 nitrogen and oxygen atoms in total. The molecule has 0 saturated heterocycles. The van der Waals surface area contributed by atoms with Gasteiger partial charge in [-0.1, -0.05) is 6.07 Å². The van der Waals surface area contributed by atoms with Crippen molar-refractivity contribution < 1.29 is 18.3 Å². The lowest BCUT2D eigenvalue weighted by Crippen LogP contribution is -2.04. The summed E-state index contributed by atoms with van der Waals surface area (Å²) in [6.45, 7) is 0. The lowest BCUT2D eigenvalue weighted by atomic mass is 10.0. The average molecular weight is 287 g/mol. The van der Waals surface area contributed by atoms with Crippen LogP contribution in [-0.2, 0) is 0 Å². The number of ketones is 1. The van der Waals surface area contributed by atoms with E-state index in [1.807, 2.05) is 0 Å². The zero-order valence-electron chi connectivity index (χ0n) is 11.1. The predicted octanol–water partition coefficient (Wildman–Crippen LogP) is 3.69. The van der Waals surface area contributed by atoms with E-state index in [1.165, 1.54) is 37.6 Å². The molecule has 5 heteroatoms. The fraction of sp³-hybridized carbons (Fsp3) is 0.0625. The monoisotopic (exact) mass is 287 g/mol. The van der Waals surface area contributed by atoms with E-state index in [0.29, 0.717) is 11.3 Å². The van der Waals surface area contributed by atoms with E-state index in [-0.39, 0.29) is 16.5 Å². The smallest absolute Gasteiger partial charge is 0.198 e. The summed E-state index contributed by atoms with van der Waals surface area (Å²) in [7, 11) is 1.41. The van der Waals surface area contributed by atoms with Crippen LogP contribution in [0.1, 0.15) is 15.9 Å². The Balaban J connectivity index is 2.13. The Kier molecular flexibility index (Phi) is 3.17. The maximum atomic E-state index is 14.0. The second-order valence-electron chi connectivity index (χ2n) is 4.54. The average Bonchev–Trinajstić information content (AvgIpc) is 2.92. The van der Waals surface area contributed by atoms with Gasteiger partial charge in [-0.3, -0.25) is 4.79 Å². The normalized spacial score (nSPS) is 10.8. The van der Waals surface area contributed by atoms with E-state index in [1.54, 1.807) is 6.07 Å². The van der Waals surface area contributed by atoms with Gasteiger partial charge in [-0.15, -0.1) is 0 Å². The number of hydrogen-bond acceptors (Lipinski definition) is 2. The number of benzene rings is 2. The van der Waals surface area contributed by atoms with Crippen LogP contribution in [0.2, 0.25) is 0 Å². The maximum Gasteiger partial charge on any atom is 0.198 e. The standard InChI is InChI=1S/C16H11F2NO2/c1-21-9-5-6-10(13(18)7-9)16(20)11-8-19-14-4-2-3-12(17)15(11)14/h2-8,19H,1H3. The maximum absolute atomic E-state index is 14.0. The Hall–Kier alpha value is -2.69. The number of carbonyl (C=O) groups is 1. The van der Waals surface area contributed by atoms with E-state index in [9.17, 15) is 13.6 Å². The van der Waals surface area contributed by atoms with E-state index in [0.717, 1.165) is 6.07 Å². The zero-order valence-corrected chi connectivity index (χ0v) is 11.1. The van der Waals surface area contributed by atoms with Crippen LogP contribution in [0.15, 0.2) is 42.6 Å². The molecule has 0 radical (unpaired) electrons. The molecule has 0 aliphatic carbocycles. The first-order valence-corrected chi connectivity index (χ1v) is 6.25. The molecule has 3 rings (SSSR count). The predicted molar refractivity (Wildman–Crippen MR) is 74.6 cm³/mol. The Labute approximate surface area is 119 Å². The molecule has 0 spiro atoms. The van der Waals surface area contributed by atoms with Crippen molar-refractivity contribution in [3.05, 3.63) is 65.4 Å². The van der Waals surface area contributed by atoms with Crippen LogP contribution in [0.5, 0.6) is 5.75 Å². The number of fused-ring (bicyclic) bond motifs is 1. The molecule has 3 aromatic rings. The molecule has 0 aliphatic rings. The van der Waals surface area contributed by atoms with E-state index >= 15 is 0 Å². The third kappa shape index (κ3) is 2.16. The number of methoxy groups -OCH3 is 1. The molecule has 0 amide bonds. The Morgan fingerprint density at radius 1 is 1.10 bits per heavy atom. The van der Waals surface area contributed by atoms with Gasteiger partial charge in [-0.25, -0.2) is 8.78 Å². The summed E-state index contributed by atoms with van der Waals surface area (Å²) in [4.78, 5) is 15.2. The Morgan fingerprint density at radius 3 is 2.62 bits per heavy atom. The fourth-order valence-electron chi connectivity index (χ4n) is 2.27. The molecule has 0 fully saturated rings. The summed E-state index contributed by atoms with van der Waals surface area (Å²) in [6.07, 6.45) is 1.39. The molecule has 0 saturated carbocycles. The van der Waals surface area contributed by atoms with Crippen LogP contribution in [0.25, 0.3) is 10.9 Å². The molecule has 0 atom stereocenters. The van der Waals surface area contributed by atoms with Crippen molar-refractivity contribution in [3.63, 3.8) is 0 Å². The number of aromatic amines is 1. The molecule has 0 unspecified atom stereocenters. The Morgan fingerprint density at radius 2 is 1.90 bits per heavy atom. The summed E-state index contributed by atoms with van der Waals surface area (Å²) in [5.74, 6) is -1.49. The number of carbonyl (C=O) groups excluding carboxylic acids is 1. The van der Waals surface area contributed by atoms with Gasteiger partial charge in [-0.2, -0.15) is 0 Å². The minimum absolute atomic E-state index is 0.104. The van der Waals surface area contributed by atoms with E-state index in [2.05, 4.69) is 4.98 Å². The van der Waals surface area contributed by atoms with Crippen LogP contribution in [0, 0.1) is 11.6 Å². The molecule has 2 aromatic carbocycles. The van der Waals surface area contributed by atoms with Crippen LogP contribution in [0.4, 0.5) is 8.78 Å². The first-order valence-electron chi connectivity index (χ1n) is 6.25. The SMILES string of the molecule is COc1ccc(C(=O)c2c[nH]c3cccc(F)c23)c(F)c1. The van der Waals surface area contributed by atoms with Crippen molar-refractivity contribution in [2.24, 2.45) is 0 Å². The molecule has 0 aliphatic heterocycles. The second kappa shape index (κ2) is 5.01. The number of aromatic nitrogens is 1. The molecule has 1 heterocycles. The van der Waals surface area contributed by atoms with Gasteiger partial charge in [0.2, 0.25) is 0 Å². The first-order chi connectivity index (χ1) is 10.1. The number of rotatable bonds is 3. The van der Waals surface area contributed by atoms with E-state index in [4.69, 9.17) is 4.74 Å². The highest BCUT2D eigenvalue weighted by Crippen LogP contribution is 2.26. The van der Waals surface area contributed by atoms with Crippen molar-refractivity contribution >= 4 is 16.7 Å². The summed E-state index contributed by atoms with van der Waals surface area (Å²) in [5.41, 5.74) is 0.472. The summed E-state index contributed by atoms with van der Waals surface area (Å²) in [5, 5.41) is 0.165. The van der Waals surface area contributed by atoms with Crippen molar-refractivity contribution in [1.82, 2.24) is 4.98 Å². The molecule has 0 bridgehead atoms. The van der Waals surface area contributed by atoms with Crippen molar-refractivity contribution in [2.45, 2.75) is 0 Å². The van der Waals surface area contributed by atoms with Crippen molar-refractivity contribution in [3.8, 4) is 5.75 Å². The second-order valence-corrected chi connectivity index (χ2v) is 4.54. The molecular formula is C16H11F2NO2. The molecule has 1 aromatic heterocycles. The summed E-state index contributed by atoms with van der Waals surface area (Å²) >= 11 is 0. The zero-order chi connectivity index (χ0) is 15.0. The lowest BCUT2D eigenvalue weighted by Gasteiger charge is -2.05. The highest BCUT2D eigenvalue weighted by molar-refractivity contribution is 6.16. The highest BCUT2D eigenvalue weighted by Gasteiger charge is 2.20. The molecule has 1 N–H and O–H groups in total. The van der Waals surface area contributed by atoms with Crippen LogP contribution >= 0.6 is 0 Å². The molecule has 21 heavy (non-hydrogen) atoms. The van der Waals surface area contributed by atoms with Gasteiger partial charge < -0.3 is 9.72 Å². The van der Waals surface area contributed by atoms with Crippen molar-refractivity contribution in [1.29, 1.82) is 0 Å². The number of hydrogen-bond donors (Lipinski definition) is 1. The van der Waals surface area contributed by atoms with Crippen molar-refractivity contribution in [2.75, 3.05) is 7.11 Å². The number of ether oxygens (including phenoxy) is 1. The topological polar surface area (TPSA) is 42.1 Å². The van der Waals surface area contributed by atoms with Gasteiger partial charge in [-0.05, 0) is 24.3 Å². The summed E-state index contributed by atoms with van der Waals surface area (Å²) < 4.78 is 32.8. The fourth-order valence-corrected chi connectivity index (χ4v) is 2.27. The van der Waals surface area contributed by atoms with Gasteiger partial charge >= 0.3 is 0 Å².